The Morgan fingerprint density at radius 2 is 2.00 bits per heavy atom. The molecule has 3 N–H and O–H groups in total. The summed E-state index contributed by atoms with van der Waals surface area (Å²) in [4.78, 5) is 7.01. The number of rotatable bonds is 1. The lowest BCUT2D eigenvalue weighted by molar-refractivity contribution is 0.582. The van der Waals surface area contributed by atoms with Crippen molar-refractivity contribution in [2.75, 3.05) is 5.73 Å². The van der Waals surface area contributed by atoms with E-state index in [0.717, 1.165) is 0 Å². The van der Waals surface area contributed by atoms with E-state index in [0.29, 0.717) is 27.3 Å². The Hall–Kier alpha value is -2.14. The first kappa shape index (κ1) is 12.9. The number of hydrogen-bond acceptors (Lipinski definition) is 2. The summed E-state index contributed by atoms with van der Waals surface area (Å²) in [5, 5.41) is 0.426. The molecule has 0 bridgehead atoms. The highest BCUT2D eigenvalue weighted by Crippen LogP contribution is 2.30. The van der Waals surface area contributed by atoms with Crippen LogP contribution in [0.2, 0.25) is 5.02 Å². The van der Waals surface area contributed by atoms with Crippen LogP contribution in [-0.2, 0) is 0 Å². The van der Waals surface area contributed by atoms with Crippen molar-refractivity contribution >= 4 is 28.3 Å². The largest absolute Gasteiger partial charge is 0.397 e. The second-order valence-corrected chi connectivity index (χ2v) is 4.97. The Morgan fingerprint density at radius 3 is 2.75 bits per heavy atom. The fourth-order valence-electron chi connectivity index (χ4n) is 2.10. The molecule has 0 atom stereocenters. The zero-order valence-corrected chi connectivity index (χ0v) is 11.2. The van der Waals surface area contributed by atoms with Crippen molar-refractivity contribution in [2.24, 2.45) is 0 Å². The maximum absolute atomic E-state index is 14.1. The van der Waals surface area contributed by atoms with Crippen LogP contribution in [0.1, 0.15) is 5.56 Å². The third-order valence-electron chi connectivity index (χ3n) is 3.10. The van der Waals surface area contributed by atoms with Gasteiger partial charge in [-0.05, 0) is 30.7 Å². The summed E-state index contributed by atoms with van der Waals surface area (Å²) < 4.78 is 28.0. The van der Waals surface area contributed by atoms with Gasteiger partial charge in [0, 0.05) is 5.02 Å². The van der Waals surface area contributed by atoms with E-state index in [1.165, 1.54) is 18.2 Å². The fraction of sp³-hybridized carbons (Fsp3) is 0.0714. The highest BCUT2D eigenvalue weighted by atomic mass is 35.5. The summed E-state index contributed by atoms with van der Waals surface area (Å²) in [5.74, 6) is -1.24. The average molecular weight is 294 g/mol. The molecule has 0 saturated carbocycles. The number of aromatic nitrogens is 2. The van der Waals surface area contributed by atoms with Gasteiger partial charge in [-0.15, -0.1) is 0 Å². The van der Waals surface area contributed by atoms with Crippen molar-refractivity contribution in [1.82, 2.24) is 9.97 Å². The summed E-state index contributed by atoms with van der Waals surface area (Å²) in [6.45, 7) is 1.56. The maximum Gasteiger partial charge on any atom is 0.144 e. The van der Waals surface area contributed by atoms with Crippen molar-refractivity contribution in [3.05, 3.63) is 46.5 Å². The molecule has 0 amide bonds. The number of nitrogens with zero attached hydrogens (tertiary/aromatic N) is 1. The van der Waals surface area contributed by atoms with Gasteiger partial charge in [0.25, 0.3) is 0 Å². The van der Waals surface area contributed by atoms with E-state index in [-0.39, 0.29) is 11.4 Å². The van der Waals surface area contributed by atoms with Crippen LogP contribution in [0.5, 0.6) is 0 Å². The number of hydrogen-bond donors (Lipinski definition) is 2. The van der Waals surface area contributed by atoms with Crippen molar-refractivity contribution < 1.29 is 8.78 Å². The predicted molar refractivity (Wildman–Crippen MR) is 75.6 cm³/mol. The van der Waals surface area contributed by atoms with Crippen LogP contribution in [0.25, 0.3) is 22.4 Å². The van der Waals surface area contributed by atoms with E-state index in [1.807, 2.05) is 0 Å². The zero-order valence-electron chi connectivity index (χ0n) is 10.5. The molecule has 0 aliphatic rings. The Morgan fingerprint density at radius 1 is 1.25 bits per heavy atom. The van der Waals surface area contributed by atoms with Gasteiger partial charge in [-0.25, -0.2) is 13.8 Å². The zero-order chi connectivity index (χ0) is 14.4. The van der Waals surface area contributed by atoms with Gasteiger partial charge in [-0.1, -0.05) is 17.7 Å². The lowest BCUT2D eigenvalue weighted by atomic mass is 10.1. The molecule has 3 aromatic rings. The number of halogens is 3. The molecule has 20 heavy (non-hydrogen) atoms. The van der Waals surface area contributed by atoms with Gasteiger partial charge in [0.2, 0.25) is 0 Å². The molecule has 2 aromatic carbocycles. The van der Waals surface area contributed by atoms with Crippen LogP contribution in [0.3, 0.4) is 0 Å². The van der Waals surface area contributed by atoms with Crippen molar-refractivity contribution in [1.29, 1.82) is 0 Å². The lowest BCUT2D eigenvalue weighted by Gasteiger charge is -2.03. The Balaban J connectivity index is 2.31. The molecule has 0 saturated heterocycles. The monoisotopic (exact) mass is 293 g/mol. The van der Waals surface area contributed by atoms with E-state index in [4.69, 9.17) is 17.3 Å². The van der Waals surface area contributed by atoms with Gasteiger partial charge in [-0.2, -0.15) is 0 Å². The minimum absolute atomic E-state index is 0.0904. The summed E-state index contributed by atoms with van der Waals surface area (Å²) in [6.07, 6.45) is 0. The fourth-order valence-corrected chi connectivity index (χ4v) is 2.33. The molecule has 0 unspecified atom stereocenters. The van der Waals surface area contributed by atoms with Crippen molar-refractivity contribution in [3.8, 4) is 11.4 Å². The Labute approximate surface area is 118 Å². The number of benzene rings is 2. The Kier molecular flexibility index (Phi) is 2.87. The number of imidazole rings is 1. The number of nitrogens with two attached hydrogens (primary N) is 1. The average Bonchev–Trinajstić information content (AvgIpc) is 2.78. The number of anilines is 1. The maximum atomic E-state index is 14.1. The molecule has 0 fully saturated rings. The van der Waals surface area contributed by atoms with Gasteiger partial charge in [0.15, 0.2) is 0 Å². The minimum atomic E-state index is -0.683. The number of H-pyrrole nitrogens is 1. The first-order chi connectivity index (χ1) is 9.47. The van der Waals surface area contributed by atoms with Gasteiger partial charge in [-0.3, -0.25) is 0 Å². The van der Waals surface area contributed by atoms with Crippen LogP contribution < -0.4 is 5.73 Å². The first-order valence-electron chi connectivity index (χ1n) is 5.87. The van der Waals surface area contributed by atoms with E-state index < -0.39 is 11.6 Å². The summed E-state index contributed by atoms with van der Waals surface area (Å²) >= 11 is 5.89. The number of nitrogens with one attached hydrogen (secondary N) is 1. The minimum Gasteiger partial charge on any atom is -0.397 e. The van der Waals surface area contributed by atoms with Crippen LogP contribution in [0.4, 0.5) is 14.5 Å². The molecule has 6 heteroatoms. The highest BCUT2D eigenvalue weighted by molar-refractivity contribution is 6.31. The molecule has 1 aromatic heterocycles. The van der Waals surface area contributed by atoms with Gasteiger partial charge < -0.3 is 10.7 Å². The van der Waals surface area contributed by atoms with E-state index >= 15 is 0 Å². The smallest absolute Gasteiger partial charge is 0.144 e. The molecule has 3 nitrogen and oxygen atoms in total. The molecular formula is C14H10ClF2N3. The third kappa shape index (κ3) is 1.91. The first-order valence-corrected chi connectivity index (χ1v) is 6.25. The lowest BCUT2D eigenvalue weighted by Crippen LogP contribution is -1.94. The number of nitrogen functional groups attached to an aromatic ring is 1. The Bertz CT molecular complexity index is 827. The molecule has 3 rings (SSSR count). The van der Waals surface area contributed by atoms with Gasteiger partial charge in [0.05, 0.1) is 16.8 Å². The molecule has 0 radical (unpaired) electrons. The number of aryl methyl sites for hydroxylation is 1. The molecule has 0 spiro atoms. The summed E-state index contributed by atoms with van der Waals surface area (Å²) in [7, 11) is 0. The standard InChI is InChI=1S/C14H10ClF2N3/c1-6-2-3-8(16)11(12(6)17)14-19-10-5-7(15)4-9(18)13(10)20-14/h2-5H,18H2,1H3,(H,19,20). The van der Waals surface area contributed by atoms with Crippen LogP contribution in [0.15, 0.2) is 24.3 Å². The van der Waals surface area contributed by atoms with Crippen molar-refractivity contribution in [2.45, 2.75) is 6.92 Å². The highest BCUT2D eigenvalue weighted by Gasteiger charge is 2.18. The topological polar surface area (TPSA) is 54.7 Å². The second kappa shape index (κ2) is 4.45. The van der Waals surface area contributed by atoms with Crippen LogP contribution >= 0.6 is 11.6 Å². The van der Waals surface area contributed by atoms with Gasteiger partial charge >= 0.3 is 0 Å². The van der Waals surface area contributed by atoms with Crippen LogP contribution in [0, 0.1) is 18.6 Å². The van der Waals surface area contributed by atoms with Crippen LogP contribution in [-0.4, -0.2) is 9.97 Å². The number of aromatic amines is 1. The SMILES string of the molecule is Cc1ccc(F)c(-c2nc3c(N)cc(Cl)cc3[nH]2)c1F. The van der Waals surface area contributed by atoms with E-state index in [2.05, 4.69) is 9.97 Å². The molecule has 0 aliphatic carbocycles. The quantitative estimate of drug-likeness (QED) is 0.665. The van der Waals surface area contributed by atoms with Crippen molar-refractivity contribution in [3.63, 3.8) is 0 Å². The normalized spacial score (nSPS) is 11.2. The van der Waals surface area contributed by atoms with E-state index in [9.17, 15) is 8.78 Å². The van der Waals surface area contributed by atoms with E-state index in [1.54, 1.807) is 13.0 Å². The van der Waals surface area contributed by atoms with Gasteiger partial charge in [0.1, 0.15) is 23.0 Å². The molecule has 0 aliphatic heterocycles. The third-order valence-corrected chi connectivity index (χ3v) is 3.32. The predicted octanol–water partition coefficient (Wildman–Crippen LogP) is 4.05. The number of fused-ring (bicyclic) bond motifs is 1. The second-order valence-electron chi connectivity index (χ2n) is 4.53. The summed E-state index contributed by atoms with van der Waals surface area (Å²) in [6, 6.07) is 5.73. The molecule has 1 heterocycles. The molecule has 102 valence electrons. The summed E-state index contributed by atoms with van der Waals surface area (Å²) in [5.41, 5.74) is 7.26. The molecular weight excluding hydrogens is 284 g/mol.